The molecule has 122 valence electrons. The first-order valence-corrected chi connectivity index (χ1v) is 8.51. The molecule has 21 heavy (non-hydrogen) atoms. The summed E-state index contributed by atoms with van der Waals surface area (Å²) >= 11 is 0. The van der Waals surface area contributed by atoms with E-state index in [0.29, 0.717) is 12.5 Å². The molecule has 1 aliphatic carbocycles. The second kappa shape index (κ2) is 7.99. The van der Waals surface area contributed by atoms with Crippen molar-refractivity contribution in [3.63, 3.8) is 0 Å². The highest BCUT2D eigenvalue weighted by molar-refractivity contribution is 5.74. The fourth-order valence-corrected chi connectivity index (χ4v) is 3.58. The first kappa shape index (κ1) is 16.6. The smallest absolute Gasteiger partial charge is 0.315 e. The van der Waals surface area contributed by atoms with Gasteiger partial charge in [-0.2, -0.15) is 0 Å². The van der Waals surface area contributed by atoms with Gasteiger partial charge in [0, 0.05) is 31.7 Å². The summed E-state index contributed by atoms with van der Waals surface area (Å²) in [5.74, 6) is 0.444. The Morgan fingerprint density at radius 2 is 2.00 bits per heavy atom. The molecule has 0 aromatic heterocycles. The summed E-state index contributed by atoms with van der Waals surface area (Å²) in [6, 6.07) is 0.858. The maximum Gasteiger partial charge on any atom is 0.315 e. The molecule has 2 aliphatic rings. The Bertz CT molecular complexity index is 329. The molecule has 2 fully saturated rings. The molecule has 1 aliphatic heterocycles. The maximum atomic E-state index is 11.9. The van der Waals surface area contributed by atoms with Crippen LogP contribution in [0.1, 0.15) is 52.4 Å². The number of aliphatic hydroxyl groups excluding tert-OH is 1. The van der Waals surface area contributed by atoms with Crippen LogP contribution in [-0.2, 0) is 0 Å². The number of hydrogen-bond donors (Lipinski definition) is 3. The molecule has 0 aromatic rings. The summed E-state index contributed by atoms with van der Waals surface area (Å²) in [6.07, 6.45) is 6.66. The molecule has 2 atom stereocenters. The third-order valence-electron chi connectivity index (χ3n) is 4.64. The minimum atomic E-state index is -0.450. The number of rotatable bonds is 6. The van der Waals surface area contributed by atoms with Crippen molar-refractivity contribution in [3.05, 3.63) is 0 Å². The fourth-order valence-electron chi connectivity index (χ4n) is 3.58. The van der Waals surface area contributed by atoms with Crippen molar-refractivity contribution in [3.8, 4) is 0 Å². The summed E-state index contributed by atoms with van der Waals surface area (Å²) in [6.45, 7) is 6.56. The minimum Gasteiger partial charge on any atom is -0.391 e. The largest absolute Gasteiger partial charge is 0.391 e. The van der Waals surface area contributed by atoms with Gasteiger partial charge in [0.25, 0.3) is 0 Å². The second-order valence-electron chi connectivity index (χ2n) is 7.06. The van der Waals surface area contributed by atoms with Gasteiger partial charge in [-0.3, -0.25) is 4.90 Å². The Morgan fingerprint density at radius 3 is 2.67 bits per heavy atom. The van der Waals surface area contributed by atoms with E-state index in [-0.39, 0.29) is 12.1 Å². The van der Waals surface area contributed by atoms with Crippen LogP contribution in [0.5, 0.6) is 0 Å². The molecule has 1 saturated heterocycles. The van der Waals surface area contributed by atoms with E-state index in [1.54, 1.807) is 0 Å². The van der Waals surface area contributed by atoms with E-state index in [4.69, 9.17) is 0 Å². The van der Waals surface area contributed by atoms with Gasteiger partial charge in [0.1, 0.15) is 0 Å². The summed E-state index contributed by atoms with van der Waals surface area (Å²) in [7, 11) is 0. The first-order valence-electron chi connectivity index (χ1n) is 8.51. The normalized spacial score (nSPS) is 25.4. The number of carbonyl (C=O) groups excluding carboxylic acids is 1. The molecule has 1 saturated carbocycles. The number of likely N-dealkylation sites (tertiary alicyclic amines) is 1. The third kappa shape index (κ3) is 5.47. The van der Waals surface area contributed by atoms with Gasteiger partial charge in [-0.1, -0.05) is 26.7 Å². The molecule has 2 rings (SSSR count). The molecule has 3 N–H and O–H groups in total. The van der Waals surface area contributed by atoms with Crippen LogP contribution < -0.4 is 10.6 Å². The Labute approximate surface area is 128 Å². The Balaban J connectivity index is 1.62. The van der Waals surface area contributed by atoms with E-state index in [9.17, 15) is 9.90 Å². The molecule has 1 heterocycles. The van der Waals surface area contributed by atoms with Gasteiger partial charge in [0.15, 0.2) is 0 Å². The second-order valence-corrected chi connectivity index (χ2v) is 7.06. The molecule has 0 spiro atoms. The molecule has 0 bridgehead atoms. The van der Waals surface area contributed by atoms with Crippen LogP contribution in [0.25, 0.3) is 0 Å². The number of aliphatic hydroxyl groups is 1. The van der Waals surface area contributed by atoms with Crippen LogP contribution in [0.15, 0.2) is 0 Å². The monoisotopic (exact) mass is 297 g/mol. The van der Waals surface area contributed by atoms with Crippen molar-refractivity contribution >= 4 is 6.03 Å². The van der Waals surface area contributed by atoms with Crippen LogP contribution in [0.2, 0.25) is 0 Å². The maximum absolute atomic E-state index is 11.9. The lowest BCUT2D eigenvalue weighted by atomic mass is 10.1. The van der Waals surface area contributed by atoms with E-state index < -0.39 is 6.10 Å². The highest BCUT2D eigenvalue weighted by atomic mass is 16.3. The van der Waals surface area contributed by atoms with Gasteiger partial charge in [0.2, 0.25) is 0 Å². The zero-order chi connectivity index (χ0) is 15.2. The summed E-state index contributed by atoms with van der Waals surface area (Å²) in [5.41, 5.74) is 0. The summed E-state index contributed by atoms with van der Waals surface area (Å²) in [4.78, 5) is 14.4. The number of urea groups is 1. The fraction of sp³-hybridized carbons (Fsp3) is 0.938. The number of amides is 2. The quantitative estimate of drug-likeness (QED) is 0.699. The van der Waals surface area contributed by atoms with Crippen LogP contribution in [0.3, 0.4) is 0 Å². The van der Waals surface area contributed by atoms with Crippen molar-refractivity contribution in [1.82, 2.24) is 15.5 Å². The predicted molar refractivity (Wildman–Crippen MR) is 84.2 cm³/mol. The molecular weight excluding hydrogens is 266 g/mol. The van der Waals surface area contributed by atoms with Crippen molar-refractivity contribution in [1.29, 1.82) is 0 Å². The standard InChI is InChI=1S/C16H31N3O2/c1-12(2)9-15(20)10-17-16(21)18-13-7-8-19(11-13)14-5-3-4-6-14/h12-15,20H,3-11H2,1-2H3,(H2,17,18,21). The van der Waals surface area contributed by atoms with Crippen LogP contribution in [-0.4, -0.2) is 53.9 Å². The molecule has 2 unspecified atom stereocenters. The SMILES string of the molecule is CC(C)CC(O)CNC(=O)NC1CCN(C2CCCC2)C1. The first-order chi connectivity index (χ1) is 10.0. The van der Waals surface area contributed by atoms with E-state index in [2.05, 4.69) is 29.4 Å². The number of carbonyl (C=O) groups is 1. The zero-order valence-corrected chi connectivity index (χ0v) is 13.5. The minimum absolute atomic E-state index is 0.143. The zero-order valence-electron chi connectivity index (χ0n) is 13.5. The lowest BCUT2D eigenvalue weighted by molar-refractivity contribution is 0.146. The summed E-state index contributed by atoms with van der Waals surface area (Å²) < 4.78 is 0. The van der Waals surface area contributed by atoms with Crippen LogP contribution in [0, 0.1) is 5.92 Å². The number of hydrogen-bond acceptors (Lipinski definition) is 3. The van der Waals surface area contributed by atoms with E-state index in [0.717, 1.165) is 32.0 Å². The molecule has 2 amide bonds. The van der Waals surface area contributed by atoms with Gasteiger partial charge >= 0.3 is 6.03 Å². The average Bonchev–Trinajstić information content (AvgIpc) is 3.05. The Hall–Kier alpha value is -0.810. The highest BCUT2D eigenvalue weighted by Crippen LogP contribution is 2.26. The van der Waals surface area contributed by atoms with Crippen molar-refractivity contribution in [2.24, 2.45) is 5.92 Å². The van der Waals surface area contributed by atoms with Gasteiger partial charge < -0.3 is 15.7 Å². The Morgan fingerprint density at radius 1 is 1.29 bits per heavy atom. The lowest BCUT2D eigenvalue weighted by Crippen LogP contribution is -2.46. The molecule has 0 aromatic carbocycles. The van der Waals surface area contributed by atoms with Gasteiger partial charge in [-0.15, -0.1) is 0 Å². The van der Waals surface area contributed by atoms with Crippen LogP contribution in [0.4, 0.5) is 4.79 Å². The highest BCUT2D eigenvalue weighted by Gasteiger charge is 2.30. The van der Waals surface area contributed by atoms with Gasteiger partial charge in [-0.05, 0) is 31.6 Å². The van der Waals surface area contributed by atoms with Crippen molar-refractivity contribution < 1.29 is 9.90 Å². The van der Waals surface area contributed by atoms with Gasteiger partial charge in [0.05, 0.1) is 6.10 Å². The van der Waals surface area contributed by atoms with E-state index in [1.807, 2.05) is 0 Å². The van der Waals surface area contributed by atoms with E-state index in [1.165, 1.54) is 25.7 Å². The predicted octanol–water partition coefficient (Wildman–Crippen LogP) is 1.71. The summed E-state index contributed by atoms with van der Waals surface area (Å²) in [5, 5.41) is 15.6. The number of nitrogens with zero attached hydrogens (tertiary/aromatic N) is 1. The molecule has 0 radical (unpaired) electrons. The van der Waals surface area contributed by atoms with Crippen LogP contribution >= 0.6 is 0 Å². The molecular formula is C16H31N3O2. The third-order valence-corrected chi connectivity index (χ3v) is 4.64. The van der Waals surface area contributed by atoms with E-state index >= 15 is 0 Å². The Kier molecular flexibility index (Phi) is 6.30. The average molecular weight is 297 g/mol. The lowest BCUT2D eigenvalue weighted by Gasteiger charge is -2.23. The van der Waals surface area contributed by atoms with Gasteiger partial charge in [-0.25, -0.2) is 4.79 Å². The molecule has 5 heteroatoms. The van der Waals surface area contributed by atoms with Crippen molar-refractivity contribution in [2.45, 2.75) is 70.6 Å². The number of nitrogens with one attached hydrogen (secondary N) is 2. The van der Waals surface area contributed by atoms with Crippen molar-refractivity contribution in [2.75, 3.05) is 19.6 Å². The topological polar surface area (TPSA) is 64.6 Å². The molecule has 5 nitrogen and oxygen atoms in total.